The summed E-state index contributed by atoms with van der Waals surface area (Å²) in [6.45, 7) is 8.69. The molecule has 4 aliphatic carbocycles. The van der Waals surface area contributed by atoms with E-state index in [4.69, 9.17) is 18.9 Å². The Balaban J connectivity index is 1.78. The molecule has 0 aromatic heterocycles. The lowest BCUT2D eigenvalue weighted by atomic mass is 9.78. The van der Waals surface area contributed by atoms with Gasteiger partial charge in [0.25, 0.3) is 0 Å². The first-order valence-electron chi connectivity index (χ1n) is 16.4. The van der Waals surface area contributed by atoms with Crippen molar-refractivity contribution in [1.82, 2.24) is 0 Å². The number of hydrogen-bond donors (Lipinski definition) is 0. The van der Waals surface area contributed by atoms with E-state index < -0.39 is 34.7 Å². The summed E-state index contributed by atoms with van der Waals surface area (Å²) in [6, 6.07) is 16.4. The van der Waals surface area contributed by atoms with Crippen LogP contribution >= 0.6 is 0 Å². The molecule has 0 heterocycles. The second-order valence-electron chi connectivity index (χ2n) is 14.9. The van der Waals surface area contributed by atoms with E-state index in [0.29, 0.717) is 0 Å². The third kappa shape index (κ3) is 4.78. The first-order valence-corrected chi connectivity index (χ1v) is 16.4. The molecule has 0 spiro atoms. The number of carbonyl (C=O) groups is 4. The molecule has 2 aromatic carbocycles. The molecule has 6 rings (SSSR count). The number of methoxy groups -OCH3 is 4. The van der Waals surface area contributed by atoms with Crippen molar-refractivity contribution in [3.8, 4) is 0 Å². The van der Waals surface area contributed by atoms with Crippen LogP contribution in [0.4, 0.5) is 0 Å². The molecule has 0 atom stereocenters. The maximum atomic E-state index is 13.8. The number of ether oxygens (including phenoxy) is 4. The molecule has 48 heavy (non-hydrogen) atoms. The van der Waals surface area contributed by atoms with Crippen LogP contribution in [0.5, 0.6) is 0 Å². The van der Waals surface area contributed by atoms with Crippen molar-refractivity contribution in [2.75, 3.05) is 28.4 Å². The Morgan fingerprint density at radius 2 is 0.750 bits per heavy atom. The zero-order chi connectivity index (χ0) is 34.8. The quantitative estimate of drug-likeness (QED) is 0.207. The summed E-state index contributed by atoms with van der Waals surface area (Å²) in [4.78, 5) is 55.1. The van der Waals surface area contributed by atoms with Gasteiger partial charge in [-0.1, -0.05) is 76.2 Å². The van der Waals surface area contributed by atoms with Gasteiger partial charge in [0.05, 0.1) is 28.4 Å². The van der Waals surface area contributed by atoms with Crippen molar-refractivity contribution in [3.05, 3.63) is 93.1 Å². The minimum atomic E-state index is -1.65. The summed E-state index contributed by atoms with van der Waals surface area (Å²) in [5, 5.41) is 0. The maximum absolute atomic E-state index is 13.8. The lowest BCUT2D eigenvalue weighted by Crippen LogP contribution is -2.39. The second kappa shape index (κ2) is 11.6. The Morgan fingerprint density at radius 3 is 1.06 bits per heavy atom. The van der Waals surface area contributed by atoms with E-state index in [9.17, 15) is 19.2 Å². The first kappa shape index (κ1) is 33.4. The molecule has 0 bridgehead atoms. The number of hydrogen-bond acceptors (Lipinski definition) is 8. The van der Waals surface area contributed by atoms with Crippen LogP contribution in [0.3, 0.4) is 0 Å². The van der Waals surface area contributed by atoms with Crippen LogP contribution in [-0.4, -0.2) is 52.3 Å². The van der Waals surface area contributed by atoms with Gasteiger partial charge in [0.1, 0.15) is 0 Å². The highest BCUT2D eigenvalue weighted by Gasteiger charge is 2.60. The zero-order valence-electron chi connectivity index (χ0n) is 29.1. The van der Waals surface area contributed by atoms with Gasteiger partial charge in [-0.05, 0) is 79.4 Å². The predicted octanol–water partition coefficient (Wildman–Crippen LogP) is 6.61. The topological polar surface area (TPSA) is 105 Å². The number of rotatable bonds is 4. The fourth-order valence-corrected chi connectivity index (χ4v) is 9.18. The molecular formula is C40H44O8. The second-order valence-corrected chi connectivity index (χ2v) is 14.9. The molecule has 0 aliphatic heterocycles. The maximum Gasteiger partial charge on any atom is 0.323 e. The molecular weight excluding hydrogens is 608 g/mol. The highest BCUT2D eigenvalue weighted by Crippen LogP contribution is 2.62. The van der Waals surface area contributed by atoms with Crippen molar-refractivity contribution in [2.24, 2.45) is 21.7 Å². The minimum absolute atomic E-state index is 0.00393. The number of benzene rings is 2. The molecule has 8 nitrogen and oxygen atoms in total. The number of allylic oxidation sites excluding steroid dienone is 6. The van der Waals surface area contributed by atoms with Gasteiger partial charge < -0.3 is 18.9 Å². The molecule has 0 saturated heterocycles. The van der Waals surface area contributed by atoms with Crippen molar-refractivity contribution < 1.29 is 38.1 Å². The largest absolute Gasteiger partial charge is 0.468 e. The molecule has 2 aromatic rings. The Bertz CT molecular complexity index is 1680. The minimum Gasteiger partial charge on any atom is -0.468 e. The standard InChI is InChI=1S/C40H44O8/c1-37(2)17-23-13-9-11-15-25(23)31(37)29-21-39(33(41)45-5,34(42)46-6)19-27(29)28-20-40(35(43)47-7,36(44)48-8)22-30(28)32-26-16-12-10-14-24(26)18-38(32,3)4/h9-16H,17-22H2,1-8H3/b28-27+,31-29+,32-30+. The molecule has 252 valence electrons. The van der Waals surface area contributed by atoms with Crippen LogP contribution in [-0.2, 0) is 51.0 Å². The predicted molar refractivity (Wildman–Crippen MR) is 180 cm³/mol. The fraction of sp³-hybridized carbons (Fsp3) is 0.450. The summed E-state index contributed by atoms with van der Waals surface area (Å²) >= 11 is 0. The molecule has 2 saturated carbocycles. The average molecular weight is 653 g/mol. The molecule has 4 aliphatic rings. The fourth-order valence-electron chi connectivity index (χ4n) is 9.18. The van der Waals surface area contributed by atoms with Crippen molar-refractivity contribution >= 4 is 35.0 Å². The van der Waals surface area contributed by atoms with E-state index >= 15 is 0 Å². The Kier molecular flexibility index (Phi) is 8.08. The van der Waals surface area contributed by atoms with Gasteiger partial charge in [0, 0.05) is 25.7 Å². The molecule has 0 N–H and O–H groups in total. The van der Waals surface area contributed by atoms with E-state index in [1.54, 1.807) is 0 Å². The SMILES string of the molecule is COC(=O)C1(C(=O)OC)CC(=C2/c3ccccc3CC2(C)C)/C(=C2\CC(C(=O)OC)(C(=O)OC)C\C2=C2\c3ccccc3CC2(C)C)C1. The Morgan fingerprint density at radius 1 is 0.458 bits per heavy atom. The van der Waals surface area contributed by atoms with Gasteiger partial charge in [0.2, 0.25) is 0 Å². The molecule has 0 radical (unpaired) electrons. The Labute approximate surface area is 282 Å². The summed E-state index contributed by atoms with van der Waals surface area (Å²) in [6.07, 6.45) is 1.66. The lowest BCUT2D eigenvalue weighted by Gasteiger charge is -2.26. The highest BCUT2D eigenvalue weighted by molar-refractivity contribution is 6.05. The van der Waals surface area contributed by atoms with E-state index in [2.05, 4.69) is 52.0 Å². The van der Waals surface area contributed by atoms with E-state index in [-0.39, 0.29) is 36.5 Å². The first-order chi connectivity index (χ1) is 22.7. The summed E-state index contributed by atoms with van der Waals surface area (Å²) in [7, 11) is 5.11. The number of carbonyl (C=O) groups excluding carboxylic acids is 4. The van der Waals surface area contributed by atoms with Crippen LogP contribution < -0.4 is 0 Å². The van der Waals surface area contributed by atoms with Gasteiger partial charge in [-0.15, -0.1) is 0 Å². The van der Waals surface area contributed by atoms with Crippen LogP contribution in [0.2, 0.25) is 0 Å². The molecule has 0 unspecified atom stereocenters. The van der Waals surface area contributed by atoms with E-state index in [1.165, 1.54) is 39.6 Å². The van der Waals surface area contributed by atoms with Gasteiger partial charge in [-0.25, -0.2) is 0 Å². The van der Waals surface area contributed by atoms with Crippen LogP contribution in [0.15, 0.2) is 70.8 Å². The molecule has 8 heteroatoms. The van der Waals surface area contributed by atoms with Crippen LogP contribution in [0, 0.1) is 21.7 Å². The third-order valence-electron chi connectivity index (χ3n) is 11.1. The van der Waals surface area contributed by atoms with Crippen molar-refractivity contribution in [2.45, 2.75) is 66.2 Å². The monoisotopic (exact) mass is 652 g/mol. The average Bonchev–Trinajstić information content (AvgIpc) is 3.79. The summed E-state index contributed by atoms with van der Waals surface area (Å²) in [5.74, 6) is -2.73. The normalized spacial score (nSPS) is 25.7. The van der Waals surface area contributed by atoms with Gasteiger partial charge in [-0.3, -0.25) is 19.2 Å². The molecule has 0 amide bonds. The lowest BCUT2D eigenvalue weighted by molar-refractivity contribution is -0.169. The zero-order valence-corrected chi connectivity index (χ0v) is 29.1. The van der Waals surface area contributed by atoms with Crippen molar-refractivity contribution in [3.63, 3.8) is 0 Å². The van der Waals surface area contributed by atoms with Gasteiger partial charge in [0.15, 0.2) is 10.8 Å². The van der Waals surface area contributed by atoms with Crippen LogP contribution in [0.1, 0.15) is 75.6 Å². The Hall–Kier alpha value is -4.46. The van der Waals surface area contributed by atoms with Gasteiger partial charge >= 0.3 is 23.9 Å². The number of fused-ring (bicyclic) bond motifs is 2. The summed E-state index contributed by atoms with van der Waals surface area (Å²) < 4.78 is 21.3. The third-order valence-corrected chi connectivity index (χ3v) is 11.1. The summed E-state index contributed by atoms with van der Waals surface area (Å²) in [5.41, 5.74) is 5.80. The number of esters is 4. The van der Waals surface area contributed by atoms with E-state index in [0.717, 1.165) is 57.4 Å². The smallest absolute Gasteiger partial charge is 0.323 e. The van der Waals surface area contributed by atoms with Crippen LogP contribution in [0.25, 0.3) is 11.1 Å². The van der Waals surface area contributed by atoms with Gasteiger partial charge in [-0.2, -0.15) is 0 Å². The van der Waals surface area contributed by atoms with E-state index in [1.807, 2.05) is 24.3 Å². The highest BCUT2D eigenvalue weighted by atomic mass is 16.6. The molecule has 2 fully saturated rings. The van der Waals surface area contributed by atoms with Crippen molar-refractivity contribution in [1.29, 1.82) is 0 Å².